The number of amides is 4. The van der Waals surface area contributed by atoms with E-state index in [0.717, 1.165) is 35.7 Å². The Morgan fingerprint density at radius 3 is 2.41 bits per heavy atom. The highest BCUT2D eigenvalue weighted by Gasteiger charge is 2.09. The summed E-state index contributed by atoms with van der Waals surface area (Å²) in [5.74, 6) is -0.555. The maximum absolute atomic E-state index is 12.3. The molecule has 0 spiro atoms. The number of aryl methyl sites for hydroxylation is 1. The summed E-state index contributed by atoms with van der Waals surface area (Å²) in [6.07, 6.45) is 5.55. The quantitative estimate of drug-likeness (QED) is 0.168. The summed E-state index contributed by atoms with van der Waals surface area (Å²) in [7, 11) is 1.98. The highest BCUT2D eigenvalue weighted by atomic mass is 16.5. The predicted octanol–water partition coefficient (Wildman–Crippen LogP) is 3.69. The van der Waals surface area contributed by atoms with Gasteiger partial charge in [-0.3, -0.25) is 14.8 Å². The number of fused-ring (bicyclic) bond motifs is 1. The number of rotatable bonds is 11. The minimum Gasteiger partial charge on any atom is -0.352 e. The van der Waals surface area contributed by atoms with E-state index in [-0.39, 0.29) is 17.8 Å². The summed E-state index contributed by atoms with van der Waals surface area (Å²) >= 11 is 0. The van der Waals surface area contributed by atoms with Crippen molar-refractivity contribution in [2.24, 2.45) is 7.05 Å². The van der Waals surface area contributed by atoms with E-state index in [1.807, 2.05) is 42.1 Å². The van der Waals surface area contributed by atoms with Gasteiger partial charge in [0.2, 0.25) is 5.91 Å². The molecule has 180 valence electrons. The van der Waals surface area contributed by atoms with E-state index in [4.69, 9.17) is 5.21 Å². The lowest BCUT2D eigenvalue weighted by atomic mass is 10.1. The average Bonchev–Trinajstić information content (AvgIpc) is 3.18. The Balaban J connectivity index is 1.37. The van der Waals surface area contributed by atoms with Crippen LogP contribution in [0.5, 0.6) is 0 Å². The summed E-state index contributed by atoms with van der Waals surface area (Å²) in [5, 5.41) is 18.1. The first-order valence-electron chi connectivity index (χ1n) is 11.4. The fourth-order valence-electron chi connectivity index (χ4n) is 3.75. The molecule has 3 rings (SSSR count). The van der Waals surface area contributed by atoms with Crippen LogP contribution in [0, 0.1) is 0 Å². The van der Waals surface area contributed by atoms with Crippen LogP contribution in [0.15, 0.2) is 54.7 Å². The number of aromatic nitrogens is 1. The van der Waals surface area contributed by atoms with Gasteiger partial charge in [0.25, 0.3) is 5.91 Å². The Morgan fingerprint density at radius 1 is 0.912 bits per heavy atom. The molecule has 0 fully saturated rings. The molecule has 5 N–H and O–H groups in total. The van der Waals surface area contributed by atoms with Crippen molar-refractivity contribution < 1.29 is 19.6 Å². The van der Waals surface area contributed by atoms with E-state index in [1.54, 1.807) is 29.7 Å². The number of carbonyl (C=O) groups excluding carboxylic acids is 3. The van der Waals surface area contributed by atoms with Gasteiger partial charge in [-0.25, -0.2) is 10.3 Å². The molecule has 0 saturated heterocycles. The predicted molar refractivity (Wildman–Crippen MR) is 131 cm³/mol. The summed E-state index contributed by atoms with van der Waals surface area (Å²) in [6, 6.07) is 14.4. The molecule has 0 unspecified atom stereocenters. The number of urea groups is 1. The molecule has 3 aromatic rings. The molecule has 2 aromatic carbocycles. The van der Waals surface area contributed by atoms with Gasteiger partial charge in [-0.15, -0.1) is 0 Å². The van der Waals surface area contributed by atoms with Crippen LogP contribution in [0.3, 0.4) is 0 Å². The second-order valence-electron chi connectivity index (χ2n) is 8.12. The largest absolute Gasteiger partial charge is 0.352 e. The van der Waals surface area contributed by atoms with Crippen molar-refractivity contribution in [1.82, 2.24) is 20.7 Å². The Hall–Kier alpha value is -3.85. The monoisotopic (exact) mass is 465 g/mol. The maximum Gasteiger partial charge on any atom is 0.319 e. The number of benzene rings is 2. The summed E-state index contributed by atoms with van der Waals surface area (Å²) < 4.78 is 2.03. The molecule has 0 radical (unpaired) electrons. The van der Waals surface area contributed by atoms with E-state index < -0.39 is 0 Å². The van der Waals surface area contributed by atoms with Crippen LogP contribution in [-0.4, -0.2) is 34.2 Å². The molecule has 0 aliphatic heterocycles. The van der Waals surface area contributed by atoms with Gasteiger partial charge in [0.1, 0.15) is 0 Å². The van der Waals surface area contributed by atoms with Crippen molar-refractivity contribution in [3.63, 3.8) is 0 Å². The van der Waals surface area contributed by atoms with Crippen LogP contribution in [0.4, 0.5) is 10.5 Å². The zero-order valence-electron chi connectivity index (χ0n) is 19.3. The lowest BCUT2D eigenvalue weighted by Crippen LogP contribution is -2.28. The van der Waals surface area contributed by atoms with Gasteiger partial charge >= 0.3 is 6.03 Å². The molecule has 0 aliphatic rings. The highest BCUT2D eigenvalue weighted by molar-refractivity contribution is 5.95. The summed E-state index contributed by atoms with van der Waals surface area (Å²) in [4.78, 5) is 35.5. The fourth-order valence-corrected chi connectivity index (χ4v) is 3.75. The first kappa shape index (κ1) is 24.8. The second-order valence-corrected chi connectivity index (χ2v) is 8.12. The van der Waals surface area contributed by atoms with E-state index in [1.165, 1.54) is 0 Å². The van der Waals surface area contributed by atoms with Gasteiger partial charge < -0.3 is 20.5 Å². The van der Waals surface area contributed by atoms with Gasteiger partial charge in [0.15, 0.2) is 0 Å². The Kier molecular flexibility index (Phi) is 9.04. The number of hydroxylamine groups is 1. The van der Waals surface area contributed by atoms with Crippen LogP contribution in [0.2, 0.25) is 0 Å². The number of nitrogens with zero attached hydrogens (tertiary/aromatic N) is 1. The van der Waals surface area contributed by atoms with Gasteiger partial charge in [0.05, 0.1) is 0 Å². The van der Waals surface area contributed by atoms with Gasteiger partial charge in [-0.1, -0.05) is 31.0 Å². The molecule has 9 heteroatoms. The number of nitrogens with one attached hydrogen (secondary N) is 4. The van der Waals surface area contributed by atoms with E-state index in [9.17, 15) is 14.4 Å². The third-order valence-electron chi connectivity index (χ3n) is 5.56. The first-order valence-corrected chi connectivity index (χ1v) is 11.4. The molecule has 34 heavy (non-hydrogen) atoms. The van der Waals surface area contributed by atoms with Gasteiger partial charge in [-0.2, -0.15) is 0 Å². The number of hydrogen-bond acceptors (Lipinski definition) is 4. The SMILES string of the molecule is Cn1cc(CNC(=O)Nc2ccc(C(=O)NCCCCCCC(=O)NO)cc2)c2ccccc21. The zero-order chi connectivity index (χ0) is 24.3. The van der Waals surface area contributed by atoms with Crippen LogP contribution in [-0.2, 0) is 18.4 Å². The molecule has 1 aromatic heterocycles. The number of hydrogen-bond donors (Lipinski definition) is 5. The third-order valence-corrected chi connectivity index (χ3v) is 5.56. The van der Waals surface area contributed by atoms with Crippen molar-refractivity contribution in [3.8, 4) is 0 Å². The van der Waals surface area contributed by atoms with Gasteiger partial charge in [-0.05, 0) is 48.7 Å². The average molecular weight is 466 g/mol. The Bertz CT molecular complexity index is 1120. The van der Waals surface area contributed by atoms with Crippen molar-refractivity contribution in [2.75, 3.05) is 11.9 Å². The first-order chi connectivity index (χ1) is 16.5. The number of unbranched alkanes of at least 4 members (excludes halogenated alkanes) is 3. The molecule has 9 nitrogen and oxygen atoms in total. The lowest BCUT2D eigenvalue weighted by Gasteiger charge is -2.09. The molecule has 0 saturated carbocycles. The van der Waals surface area contributed by atoms with Crippen molar-refractivity contribution >= 4 is 34.4 Å². The van der Waals surface area contributed by atoms with E-state index in [2.05, 4.69) is 16.0 Å². The minimum absolute atomic E-state index is 0.174. The highest BCUT2D eigenvalue weighted by Crippen LogP contribution is 2.20. The Morgan fingerprint density at radius 2 is 1.65 bits per heavy atom. The van der Waals surface area contributed by atoms with Crippen LogP contribution in [0.1, 0.15) is 48.0 Å². The second kappa shape index (κ2) is 12.4. The minimum atomic E-state index is -0.381. The van der Waals surface area contributed by atoms with Crippen LogP contribution >= 0.6 is 0 Å². The van der Waals surface area contributed by atoms with E-state index in [0.29, 0.717) is 37.2 Å². The topological polar surface area (TPSA) is 124 Å². The summed E-state index contributed by atoms with van der Waals surface area (Å²) in [6.45, 7) is 0.948. The lowest BCUT2D eigenvalue weighted by molar-refractivity contribution is -0.129. The van der Waals surface area contributed by atoms with Crippen LogP contribution in [0.25, 0.3) is 10.9 Å². The molecular weight excluding hydrogens is 434 g/mol. The van der Waals surface area contributed by atoms with Crippen LogP contribution < -0.4 is 21.4 Å². The molecule has 0 aliphatic carbocycles. The molecule has 0 bridgehead atoms. The zero-order valence-corrected chi connectivity index (χ0v) is 19.3. The maximum atomic E-state index is 12.3. The molecule has 0 atom stereocenters. The van der Waals surface area contributed by atoms with Gasteiger partial charge in [0, 0.05) is 54.9 Å². The Labute approximate surface area is 198 Å². The molecular formula is C25H31N5O4. The normalized spacial score (nSPS) is 10.6. The number of carbonyl (C=O) groups is 3. The standard InChI is InChI=1S/C25H31N5O4/c1-30-17-19(21-8-5-6-9-22(21)30)16-27-25(33)28-20-13-11-18(12-14-20)24(32)26-15-7-3-2-4-10-23(31)29-34/h5-6,8-9,11-14,17,34H,2-4,7,10,15-16H2,1H3,(H,26,32)(H,29,31)(H2,27,28,33). The fraction of sp³-hybridized carbons (Fsp3) is 0.320. The molecule has 4 amide bonds. The van der Waals surface area contributed by atoms with Crippen molar-refractivity contribution in [3.05, 3.63) is 65.9 Å². The third kappa shape index (κ3) is 7.08. The van der Waals surface area contributed by atoms with Crippen molar-refractivity contribution in [1.29, 1.82) is 0 Å². The number of para-hydroxylation sites is 1. The smallest absolute Gasteiger partial charge is 0.319 e. The van der Waals surface area contributed by atoms with E-state index >= 15 is 0 Å². The number of anilines is 1. The summed E-state index contributed by atoms with van der Waals surface area (Å²) in [5.41, 5.74) is 4.87. The molecule has 1 heterocycles. The van der Waals surface area contributed by atoms with Crippen molar-refractivity contribution in [2.45, 2.75) is 38.6 Å².